The monoisotopic (exact) mass is 480 g/mol. The van der Waals surface area contributed by atoms with Crippen molar-refractivity contribution in [3.05, 3.63) is 96.1 Å². The minimum Gasteiger partial charge on any atom is -0.464 e. The Hall–Kier alpha value is -3.49. The summed E-state index contributed by atoms with van der Waals surface area (Å²) in [7, 11) is -3.92. The summed E-state index contributed by atoms with van der Waals surface area (Å²) < 4.78 is 33.1. The molecule has 1 amide bonds. The molecule has 0 aliphatic heterocycles. The van der Waals surface area contributed by atoms with Crippen LogP contribution in [-0.2, 0) is 30.8 Å². The first kappa shape index (κ1) is 25.1. The molecule has 0 fully saturated rings. The van der Waals surface area contributed by atoms with Gasteiger partial charge in [-0.1, -0.05) is 66.2 Å². The van der Waals surface area contributed by atoms with Crippen LogP contribution in [0.5, 0.6) is 0 Å². The minimum absolute atomic E-state index is 0.0587. The zero-order chi connectivity index (χ0) is 24.6. The molecule has 1 N–H and O–H groups in total. The second kappa shape index (κ2) is 11.6. The van der Waals surface area contributed by atoms with Gasteiger partial charge in [0.2, 0.25) is 15.9 Å². The van der Waals surface area contributed by atoms with E-state index in [2.05, 4.69) is 4.72 Å². The van der Waals surface area contributed by atoms with Crippen LogP contribution in [0, 0.1) is 6.92 Å². The third-order valence-corrected chi connectivity index (χ3v) is 6.61. The molecular weight excluding hydrogens is 452 g/mol. The molecule has 34 heavy (non-hydrogen) atoms. The zero-order valence-corrected chi connectivity index (χ0v) is 20.0. The molecule has 0 unspecified atom stereocenters. The van der Waals surface area contributed by atoms with Crippen LogP contribution in [0.1, 0.15) is 18.1 Å². The Kier molecular flexibility index (Phi) is 8.56. The van der Waals surface area contributed by atoms with Gasteiger partial charge in [0.25, 0.3) is 0 Å². The summed E-state index contributed by atoms with van der Waals surface area (Å²) in [6, 6.07) is 23.3. The molecule has 0 heterocycles. The van der Waals surface area contributed by atoms with Crippen LogP contribution >= 0.6 is 0 Å². The Morgan fingerprint density at radius 2 is 1.50 bits per heavy atom. The number of nitrogens with zero attached hydrogens (tertiary/aromatic N) is 1. The lowest BCUT2D eigenvalue weighted by Crippen LogP contribution is -2.51. The van der Waals surface area contributed by atoms with Crippen molar-refractivity contribution in [2.24, 2.45) is 0 Å². The number of para-hydroxylation sites is 1. The number of anilines is 1. The minimum atomic E-state index is -3.92. The van der Waals surface area contributed by atoms with Crippen molar-refractivity contribution in [2.45, 2.75) is 31.2 Å². The highest BCUT2D eigenvalue weighted by Crippen LogP contribution is 2.21. The molecule has 0 spiro atoms. The topological polar surface area (TPSA) is 92.8 Å². The summed E-state index contributed by atoms with van der Waals surface area (Å²) in [5, 5.41) is 0. The molecule has 0 radical (unpaired) electrons. The summed E-state index contributed by atoms with van der Waals surface area (Å²) in [5.41, 5.74) is 2.23. The summed E-state index contributed by atoms with van der Waals surface area (Å²) in [6.45, 7) is 3.19. The number of esters is 1. The molecule has 1 atom stereocenters. The third kappa shape index (κ3) is 6.52. The van der Waals surface area contributed by atoms with Crippen molar-refractivity contribution in [3.8, 4) is 0 Å². The van der Waals surface area contributed by atoms with Crippen LogP contribution in [-0.4, -0.2) is 39.5 Å². The number of nitrogens with one attached hydrogen (secondary N) is 1. The largest absolute Gasteiger partial charge is 0.464 e. The molecule has 0 saturated heterocycles. The van der Waals surface area contributed by atoms with E-state index in [1.807, 2.05) is 37.3 Å². The zero-order valence-electron chi connectivity index (χ0n) is 19.2. The van der Waals surface area contributed by atoms with Crippen molar-refractivity contribution in [3.63, 3.8) is 0 Å². The fraction of sp³-hybridized carbons (Fsp3) is 0.231. The average molecular weight is 481 g/mol. The number of benzene rings is 3. The molecule has 0 aliphatic rings. The van der Waals surface area contributed by atoms with Crippen LogP contribution in [0.4, 0.5) is 5.69 Å². The lowest BCUT2D eigenvalue weighted by molar-refractivity contribution is -0.145. The summed E-state index contributed by atoms with van der Waals surface area (Å²) >= 11 is 0. The third-order valence-electron chi connectivity index (χ3n) is 5.19. The molecule has 3 rings (SSSR count). The van der Waals surface area contributed by atoms with Gasteiger partial charge in [0.1, 0.15) is 6.04 Å². The van der Waals surface area contributed by atoms with Gasteiger partial charge in [-0.2, -0.15) is 0 Å². The lowest BCUT2D eigenvalue weighted by atomic mass is 10.0. The van der Waals surface area contributed by atoms with Crippen molar-refractivity contribution < 1.29 is 22.7 Å². The number of amides is 1. The Labute approximate surface area is 200 Å². The van der Waals surface area contributed by atoms with Gasteiger partial charge in [0.15, 0.2) is 0 Å². The first-order valence-electron chi connectivity index (χ1n) is 11.0. The highest BCUT2D eigenvalue weighted by Gasteiger charge is 2.33. The number of hydrogen-bond acceptors (Lipinski definition) is 5. The summed E-state index contributed by atoms with van der Waals surface area (Å²) in [5.74, 6) is -1.14. The molecule has 0 aromatic heterocycles. The van der Waals surface area contributed by atoms with Gasteiger partial charge >= 0.3 is 5.97 Å². The summed E-state index contributed by atoms with van der Waals surface area (Å²) in [4.78, 5) is 27.7. The molecule has 3 aromatic rings. The molecule has 178 valence electrons. The SMILES string of the molecule is CCOC(=O)[C@H](Cc1ccccc1)N(C(=O)CNS(=O)(=O)c1ccc(C)cc1)c1ccccc1. The van der Waals surface area contributed by atoms with Crippen molar-refractivity contribution >= 4 is 27.6 Å². The number of rotatable bonds is 10. The quantitative estimate of drug-likeness (QED) is 0.449. The van der Waals surface area contributed by atoms with E-state index in [9.17, 15) is 18.0 Å². The Balaban J connectivity index is 1.91. The van der Waals surface area contributed by atoms with Gasteiger partial charge in [-0.05, 0) is 43.7 Å². The van der Waals surface area contributed by atoms with Gasteiger partial charge in [-0.3, -0.25) is 9.69 Å². The van der Waals surface area contributed by atoms with Gasteiger partial charge in [0.05, 0.1) is 18.0 Å². The molecule has 3 aromatic carbocycles. The lowest BCUT2D eigenvalue weighted by Gasteiger charge is -2.30. The van der Waals surface area contributed by atoms with E-state index in [0.717, 1.165) is 11.1 Å². The molecule has 0 saturated carbocycles. The maximum absolute atomic E-state index is 13.4. The molecule has 8 heteroatoms. The second-order valence-electron chi connectivity index (χ2n) is 7.69. The number of carbonyl (C=O) groups excluding carboxylic acids is 2. The number of ether oxygens (including phenoxy) is 1. The van der Waals surface area contributed by atoms with Gasteiger partial charge in [0, 0.05) is 12.1 Å². The van der Waals surface area contributed by atoms with E-state index in [0.29, 0.717) is 5.69 Å². The van der Waals surface area contributed by atoms with Crippen molar-refractivity contribution in [2.75, 3.05) is 18.1 Å². The molecular formula is C26H28N2O5S. The fourth-order valence-corrected chi connectivity index (χ4v) is 4.46. The van der Waals surface area contributed by atoms with Gasteiger partial charge in [-0.25, -0.2) is 17.9 Å². The summed E-state index contributed by atoms with van der Waals surface area (Å²) in [6.07, 6.45) is 0.213. The average Bonchev–Trinajstić information content (AvgIpc) is 2.84. The number of aryl methyl sites for hydroxylation is 1. The van der Waals surface area contributed by atoms with Gasteiger partial charge < -0.3 is 4.74 Å². The first-order valence-corrected chi connectivity index (χ1v) is 12.4. The normalized spacial score (nSPS) is 12.1. The van der Waals surface area contributed by atoms with Crippen LogP contribution in [0.15, 0.2) is 89.8 Å². The molecule has 7 nitrogen and oxygen atoms in total. The Morgan fingerprint density at radius 1 is 0.912 bits per heavy atom. The Morgan fingerprint density at radius 3 is 2.09 bits per heavy atom. The van der Waals surface area contributed by atoms with E-state index >= 15 is 0 Å². The smallest absolute Gasteiger partial charge is 0.329 e. The number of carbonyl (C=O) groups is 2. The predicted molar refractivity (Wildman–Crippen MR) is 131 cm³/mol. The number of sulfonamides is 1. The highest BCUT2D eigenvalue weighted by molar-refractivity contribution is 7.89. The van der Waals surface area contributed by atoms with Crippen LogP contribution in [0.2, 0.25) is 0 Å². The molecule has 0 bridgehead atoms. The van der Waals surface area contributed by atoms with Crippen LogP contribution in [0.25, 0.3) is 0 Å². The standard InChI is InChI=1S/C26H28N2O5S/c1-3-33-26(30)24(18-21-10-6-4-7-11-21)28(22-12-8-5-9-13-22)25(29)19-27-34(31,32)23-16-14-20(2)15-17-23/h4-17,24,27H,3,18-19H2,1-2H3/t24-/m0/s1. The Bertz CT molecular complexity index is 1200. The van der Waals surface area contributed by atoms with E-state index in [-0.39, 0.29) is 17.9 Å². The predicted octanol–water partition coefficient (Wildman–Crippen LogP) is 3.48. The van der Waals surface area contributed by atoms with E-state index in [1.165, 1.54) is 17.0 Å². The van der Waals surface area contributed by atoms with Crippen molar-refractivity contribution in [1.29, 1.82) is 0 Å². The first-order chi connectivity index (χ1) is 16.3. The van der Waals surface area contributed by atoms with Crippen LogP contribution in [0.3, 0.4) is 0 Å². The maximum atomic E-state index is 13.4. The van der Waals surface area contributed by atoms with Gasteiger partial charge in [-0.15, -0.1) is 0 Å². The molecule has 0 aliphatic carbocycles. The van der Waals surface area contributed by atoms with E-state index in [4.69, 9.17) is 4.74 Å². The van der Waals surface area contributed by atoms with Crippen LogP contribution < -0.4 is 9.62 Å². The van der Waals surface area contributed by atoms with Crippen molar-refractivity contribution in [1.82, 2.24) is 4.72 Å². The second-order valence-corrected chi connectivity index (χ2v) is 9.46. The fourth-order valence-electron chi connectivity index (χ4n) is 3.48. The number of hydrogen-bond donors (Lipinski definition) is 1. The van der Waals surface area contributed by atoms with E-state index in [1.54, 1.807) is 49.4 Å². The van der Waals surface area contributed by atoms with E-state index < -0.39 is 34.5 Å². The maximum Gasteiger partial charge on any atom is 0.329 e. The highest BCUT2D eigenvalue weighted by atomic mass is 32.2.